The topological polar surface area (TPSA) is 0 Å². The fraction of sp³-hybridized carbons (Fsp3) is 1.00. The summed E-state index contributed by atoms with van der Waals surface area (Å²) in [4.78, 5) is 0. The van der Waals surface area contributed by atoms with Crippen molar-refractivity contribution in [3.8, 4) is 0 Å². The van der Waals surface area contributed by atoms with Gasteiger partial charge in [0.1, 0.15) is 0 Å². The second-order valence-corrected chi connectivity index (χ2v) is 12.6. The van der Waals surface area contributed by atoms with Crippen LogP contribution >= 0.6 is 15.8 Å². The second kappa shape index (κ2) is 15.4. The molecule has 0 nitrogen and oxygen atoms in total. The first-order chi connectivity index (χ1) is 10.9. The van der Waals surface area contributed by atoms with Gasteiger partial charge in [0, 0.05) is 0 Å². The number of hydrogen-bond acceptors (Lipinski definition) is 0. The van der Waals surface area contributed by atoms with Crippen LogP contribution in [0, 0.1) is 0 Å². The van der Waals surface area contributed by atoms with E-state index in [4.69, 9.17) is 0 Å². The Hall–Kier alpha value is 0.860. The average molecular weight is 345 g/mol. The van der Waals surface area contributed by atoms with Crippen molar-refractivity contribution in [1.29, 1.82) is 0 Å². The molecule has 0 saturated carbocycles. The SMILES string of the molecule is CCCCCCCCP1CCP(CCCCCCCC)CC1. The van der Waals surface area contributed by atoms with Crippen LogP contribution in [0.25, 0.3) is 0 Å². The molecule has 1 aliphatic heterocycles. The minimum absolute atomic E-state index is 0.467. The number of hydrogen-bond donors (Lipinski definition) is 0. The number of unbranched alkanes of at least 4 members (excludes halogenated alkanes) is 10. The highest BCUT2D eigenvalue weighted by Crippen LogP contribution is 2.51. The largest absolute Gasteiger partial charge is 0.106 e. The van der Waals surface area contributed by atoms with E-state index in [2.05, 4.69) is 13.8 Å². The monoisotopic (exact) mass is 344 g/mol. The molecule has 0 aromatic carbocycles. The minimum atomic E-state index is 0.467. The molecule has 1 saturated heterocycles. The summed E-state index contributed by atoms with van der Waals surface area (Å²) in [6.07, 6.45) is 27.6. The predicted octanol–water partition coefficient (Wildman–Crippen LogP) is 7.68. The third-order valence-corrected chi connectivity index (χ3v) is 11.1. The quantitative estimate of drug-likeness (QED) is 0.224. The molecule has 0 spiro atoms. The molecular weight excluding hydrogens is 302 g/mol. The molecule has 1 fully saturated rings. The summed E-state index contributed by atoms with van der Waals surface area (Å²) < 4.78 is 0. The van der Waals surface area contributed by atoms with E-state index in [0.717, 1.165) is 0 Å². The summed E-state index contributed by atoms with van der Waals surface area (Å²) in [5, 5.41) is 0. The zero-order chi connectivity index (χ0) is 15.9. The van der Waals surface area contributed by atoms with Crippen LogP contribution in [0.1, 0.15) is 90.9 Å². The van der Waals surface area contributed by atoms with Gasteiger partial charge >= 0.3 is 0 Å². The Kier molecular flexibility index (Phi) is 14.6. The molecular formula is C20H42P2. The van der Waals surface area contributed by atoms with Crippen molar-refractivity contribution in [1.82, 2.24) is 0 Å². The van der Waals surface area contributed by atoms with Gasteiger partial charge in [0.05, 0.1) is 0 Å². The smallest absolute Gasteiger partial charge is 0.0286 e. The van der Waals surface area contributed by atoms with Crippen LogP contribution in [0.4, 0.5) is 0 Å². The second-order valence-electron chi connectivity index (χ2n) is 7.22. The van der Waals surface area contributed by atoms with Crippen LogP contribution in [0.3, 0.4) is 0 Å². The van der Waals surface area contributed by atoms with Gasteiger partial charge in [-0.1, -0.05) is 78.1 Å². The molecule has 0 bridgehead atoms. The van der Waals surface area contributed by atoms with E-state index < -0.39 is 0 Å². The van der Waals surface area contributed by atoms with E-state index in [-0.39, 0.29) is 0 Å². The van der Waals surface area contributed by atoms with Gasteiger partial charge in [-0.05, 0) is 49.8 Å². The third-order valence-electron chi connectivity index (χ3n) is 5.12. The van der Waals surface area contributed by atoms with E-state index in [1.807, 2.05) is 0 Å². The standard InChI is InChI=1S/C20H42P2/c1-3-5-7-9-11-13-15-21-17-19-22(20-18-21)16-14-12-10-8-6-4-2/h3-20H2,1-2H3. The summed E-state index contributed by atoms with van der Waals surface area (Å²) in [5.41, 5.74) is 0. The summed E-state index contributed by atoms with van der Waals surface area (Å²) in [5.74, 6) is 0. The summed E-state index contributed by atoms with van der Waals surface area (Å²) >= 11 is 0. The highest BCUT2D eigenvalue weighted by atomic mass is 31.1. The molecule has 132 valence electrons. The van der Waals surface area contributed by atoms with Crippen LogP contribution in [0.15, 0.2) is 0 Å². The maximum absolute atomic E-state index is 2.31. The number of rotatable bonds is 14. The molecule has 2 heteroatoms. The predicted molar refractivity (Wildman–Crippen MR) is 110 cm³/mol. The lowest BCUT2D eigenvalue weighted by molar-refractivity contribution is 0.625. The fourth-order valence-corrected chi connectivity index (χ4v) is 10.7. The molecule has 1 aliphatic rings. The van der Waals surface area contributed by atoms with E-state index >= 15 is 0 Å². The maximum Gasteiger partial charge on any atom is -0.0286 e. The van der Waals surface area contributed by atoms with Crippen molar-refractivity contribution in [3.05, 3.63) is 0 Å². The average Bonchev–Trinajstić information content (AvgIpc) is 2.55. The molecule has 0 unspecified atom stereocenters. The van der Waals surface area contributed by atoms with Crippen molar-refractivity contribution in [2.45, 2.75) is 90.9 Å². The van der Waals surface area contributed by atoms with Crippen molar-refractivity contribution in [2.24, 2.45) is 0 Å². The van der Waals surface area contributed by atoms with Gasteiger partial charge in [0.25, 0.3) is 0 Å². The van der Waals surface area contributed by atoms with E-state index in [0.29, 0.717) is 15.8 Å². The van der Waals surface area contributed by atoms with Crippen molar-refractivity contribution >= 4 is 15.8 Å². The first kappa shape index (κ1) is 20.9. The molecule has 0 atom stereocenters. The Morgan fingerprint density at radius 3 is 1.14 bits per heavy atom. The minimum Gasteiger partial charge on any atom is -0.106 e. The van der Waals surface area contributed by atoms with E-state index in [9.17, 15) is 0 Å². The van der Waals surface area contributed by atoms with Crippen molar-refractivity contribution in [2.75, 3.05) is 37.0 Å². The van der Waals surface area contributed by atoms with Crippen LogP contribution in [0.2, 0.25) is 0 Å². The lowest BCUT2D eigenvalue weighted by atomic mass is 10.1. The normalized spacial score (nSPS) is 22.1. The van der Waals surface area contributed by atoms with Crippen LogP contribution < -0.4 is 0 Å². The van der Waals surface area contributed by atoms with Crippen molar-refractivity contribution in [3.63, 3.8) is 0 Å². The van der Waals surface area contributed by atoms with Gasteiger partial charge in [-0.15, -0.1) is 15.8 Å². The van der Waals surface area contributed by atoms with E-state index in [1.165, 1.54) is 64.2 Å². The third kappa shape index (κ3) is 11.4. The van der Waals surface area contributed by atoms with Gasteiger partial charge in [-0.2, -0.15) is 0 Å². The molecule has 0 aliphatic carbocycles. The highest BCUT2D eigenvalue weighted by molar-refractivity contribution is 7.65. The summed E-state index contributed by atoms with van der Waals surface area (Å²) in [6, 6.07) is 0. The van der Waals surface area contributed by atoms with Gasteiger partial charge in [0.15, 0.2) is 0 Å². The first-order valence-corrected chi connectivity index (χ1v) is 14.1. The summed E-state index contributed by atoms with van der Waals surface area (Å²) in [6.45, 7) is 4.63. The molecule has 22 heavy (non-hydrogen) atoms. The van der Waals surface area contributed by atoms with Gasteiger partial charge in [0.2, 0.25) is 0 Å². The lowest BCUT2D eigenvalue weighted by Gasteiger charge is -2.29. The van der Waals surface area contributed by atoms with Gasteiger partial charge in [-0.25, -0.2) is 0 Å². The molecule has 1 heterocycles. The van der Waals surface area contributed by atoms with E-state index in [1.54, 1.807) is 49.8 Å². The van der Waals surface area contributed by atoms with Gasteiger partial charge in [-0.3, -0.25) is 0 Å². The molecule has 0 aromatic heterocycles. The molecule has 0 aromatic rings. The van der Waals surface area contributed by atoms with Gasteiger partial charge < -0.3 is 0 Å². The summed E-state index contributed by atoms with van der Waals surface area (Å²) in [7, 11) is 0.933. The van der Waals surface area contributed by atoms with Crippen LogP contribution in [-0.2, 0) is 0 Å². The Morgan fingerprint density at radius 1 is 0.455 bits per heavy atom. The molecule has 0 amide bonds. The Bertz CT molecular complexity index is 198. The molecule has 0 radical (unpaired) electrons. The first-order valence-electron chi connectivity index (χ1n) is 10.3. The zero-order valence-electron chi connectivity index (χ0n) is 15.6. The Labute approximate surface area is 144 Å². The van der Waals surface area contributed by atoms with Crippen LogP contribution in [-0.4, -0.2) is 37.0 Å². The zero-order valence-corrected chi connectivity index (χ0v) is 17.4. The fourth-order valence-electron chi connectivity index (χ4n) is 3.47. The van der Waals surface area contributed by atoms with Crippen molar-refractivity contribution < 1.29 is 0 Å². The Balaban J connectivity index is 1.88. The maximum atomic E-state index is 2.31. The molecule has 1 rings (SSSR count). The van der Waals surface area contributed by atoms with Crippen LogP contribution in [0.5, 0.6) is 0 Å². The Morgan fingerprint density at radius 2 is 0.773 bits per heavy atom. The lowest BCUT2D eigenvalue weighted by Crippen LogP contribution is -2.11. The highest BCUT2D eigenvalue weighted by Gasteiger charge is 2.19. The molecule has 0 N–H and O–H groups in total.